The second-order valence-electron chi connectivity index (χ2n) is 6.41. The highest BCUT2D eigenvalue weighted by atomic mass is 16.1. The SMILES string of the molecule is Cc1cc(CC(=O)Nc2ccc(-c3cccnn3)cn2)cnc1-c1ccnnc1. The molecule has 4 aromatic rings. The van der Waals surface area contributed by atoms with Crippen molar-refractivity contribution < 1.29 is 4.79 Å². The zero-order valence-corrected chi connectivity index (χ0v) is 15.6. The lowest BCUT2D eigenvalue weighted by atomic mass is 10.1. The Hall–Kier alpha value is -4.07. The van der Waals surface area contributed by atoms with Gasteiger partial charge in [0.15, 0.2) is 0 Å². The lowest BCUT2D eigenvalue weighted by Crippen LogP contribution is -2.15. The van der Waals surface area contributed by atoms with Gasteiger partial charge in [-0.1, -0.05) is 6.07 Å². The quantitative estimate of drug-likeness (QED) is 0.565. The van der Waals surface area contributed by atoms with Crippen LogP contribution in [0, 0.1) is 6.92 Å². The van der Waals surface area contributed by atoms with E-state index in [4.69, 9.17) is 0 Å². The van der Waals surface area contributed by atoms with E-state index >= 15 is 0 Å². The minimum atomic E-state index is -0.163. The zero-order valence-electron chi connectivity index (χ0n) is 15.6. The fraction of sp³-hybridized carbons (Fsp3) is 0.0952. The number of amides is 1. The predicted molar refractivity (Wildman–Crippen MR) is 108 cm³/mol. The average Bonchev–Trinajstić information content (AvgIpc) is 2.75. The van der Waals surface area contributed by atoms with Crippen molar-refractivity contribution in [2.24, 2.45) is 0 Å². The van der Waals surface area contributed by atoms with Crippen LogP contribution in [0.25, 0.3) is 22.5 Å². The van der Waals surface area contributed by atoms with E-state index in [0.717, 1.165) is 33.6 Å². The van der Waals surface area contributed by atoms with Gasteiger partial charge in [-0.2, -0.15) is 20.4 Å². The Bertz CT molecular complexity index is 1120. The second kappa shape index (κ2) is 8.30. The molecule has 0 aliphatic heterocycles. The van der Waals surface area contributed by atoms with E-state index in [2.05, 4.69) is 35.7 Å². The number of hydrogen-bond donors (Lipinski definition) is 1. The molecule has 1 amide bonds. The van der Waals surface area contributed by atoms with Gasteiger partial charge in [-0.15, -0.1) is 0 Å². The van der Waals surface area contributed by atoms with Crippen molar-refractivity contribution >= 4 is 11.7 Å². The summed E-state index contributed by atoms with van der Waals surface area (Å²) in [5.74, 6) is 0.316. The Morgan fingerprint density at radius 3 is 2.55 bits per heavy atom. The highest BCUT2D eigenvalue weighted by Crippen LogP contribution is 2.21. The number of hydrogen-bond acceptors (Lipinski definition) is 7. The van der Waals surface area contributed by atoms with Crippen molar-refractivity contribution in [3.05, 3.63) is 78.5 Å². The van der Waals surface area contributed by atoms with Gasteiger partial charge in [-0.25, -0.2) is 4.98 Å². The first-order valence-electron chi connectivity index (χ1n) is 8.95. The maximum absolute atomic E-state index is 12.4. The number of anilines is 1. The summed E-state index contributed by atoms with van der Waals surface area (Å²) < 4.78 is 0. The number of carbonyl (C=O) groups is 1. The summed E-state index contributed by atoms with van der Waals surface area (Å²) in [5, 5.41) is 18.3. The standard InChI is InChI=1S/C21H17N7O/c1-14-9-15(11-23-21(14)17-6-8-24-26-13-17)10-20(29)27-19-5-4-16(12-22-19)18-3-2-7-25-28-18/h2-9,11-13H,10H2,1H3,(H,22,27,29). The van der Waals surface area contributed by atoms with Crippen LogP contribution >= 0.6 is 0 Å². The summed E-state index contributed by atoms with van der Waals surface area (Å²) >= 11 is 0. The molecule has 0 unspecified atom stereocenters. The van der Waals surface area contributed by atoms with Crippen LogP contribution in [0.4, 0.5) is 5.82 Å². The molecule has 8 heteroatoms. The smallest absolute Gasteiger partial charge is 0.230 e. The van der Waals surface area contributed by atoms with E-state index in [1.165, 1.54) is 0 Å². The summed E-state index contributed by atoms with van der Waals surface area (Å²) in [5.41, 5.74) is 5.06. The molecule has 0 aliphatic carbocycles. The largest absolute Gasteiger partial charge is 0.310 e. The molecule has 4 rings (SSSR count). The third-order valence-corrected chi connectivity index (χ3v) is 4.26. The van der Waals surface area contributed by atoms with Crippen LogP contribution in [0.15, 0.2) is 67.4 Å². The fourth-order valence-corrected chi connectivity index (χ4v) is 2.91. The minimum Gasteiger partial charge on any atom is -0.310 e. The maximum atomic E-state index is 12.4. The second-order valence-corrected chi connectivity index (χ2v) is 6.41. The summed E-state index contributed by atoms with van der Waals surface area (Å²) in [4.78, 5) is 21.1. The van der Waals surface area contributed by atoms with E-state index in [-0.39, 0.29) is 12.3 Å². The fourth-order valence-electron chi connectivity index (χ4n) is 2.91. The molecule has 1 N–H and O–H groups in total. The molecule has 0 fully saturated rings. The van der Waals surface area contributed by atoms with Crippen LogP contribution in [0.5, 0.6) is 0 Å². The maximum Gasteiger partial charge on any atom is 0.230 e. The number of aryl methyl sites for hydroxylation is 1. The molecule has 8 nitrogen and oxygen atoms in total. The molecule has 0 atom stereocenters. The number of carbonyl (C=O) groups excluding carboxylic acids is 1. The molecule has 0 spiro atoms. The van der Waals surface area contributed by atoms with Crippen molar-refractivity contribution in [2.75, 3.05) is 5.32 Å². The van der Waals surface area contributed by atoms with Crippen molar-refractivity contribution in [3.63, 3.8) is 0 Å². The summed E-state index contributed by atoms with van der Waals surface area (Å²) in [6, 6.07) is 11.0. The Labute approximate surface area is 167 Å². The number of nitrogens with zero attached hydrogens (tertiary/aromatic N) is 6. The van der Waals surface area contributed by atoms with E-state index in [1.807, 2.05) is 37.3 Å². The number of pyridine rings is 2. The van der Waals surface area contributed by atoms with Gasteiger partial charge in [0.1, 0.15) is 5.82 Å². The lowest BCUT2D eigenvalue weighted by molar-refractivity contribution is -0.115. The molecule has 0 radical (unpaired) electrons. The minimum absolute atomic E-state index is 0.163. The third kappa shape index (κ3) is 4.44. The third-order valence-electron chi connectivity index (χ3n) is 4.26. The van der Waals surface area contributed by atoms with Gasteiger partial charge in [0.2, 0.25) is 5.91 Å². The molecule has 0 saturated carbocycles. The molecular formula is C21H17N7O. The molecule has 0 aromatic carbocycles. The monoisotopic (exact) mass is 383 g/mol. The molecule has 4 aromatic heterocycles. The van der Waals surface area contributed by atoms with Crippen molar-refractivity contribution in [2.45, 2.75) is 13.3 Å². The Morgan fingerprint density at radius 2 is 1.86 bits per heavy atom. The number of nitrogens with one attached hydrogen (secondary N) is 1. The van der Waals surface area contributed by atoms with Gasteiger partial charge >= 0.3 is 0 Å². The summed E-state index contributed by atoms with van der Waals surface area (Å²) in [6.45, 7) is 1.96. The van der Waals surface area contributed by atoms with Gasteiger partial charge in [-0.3, -0.25) is 9.78 Å². The van der Waals surface area contributed by atoms with Crippen LogP contribution in [-0.4, -0.2) is 36.3 Å². The molecule has 0 saturated heterocycles. The molecule has 4 heterocycles. The molecule has 0 bridgehead atoms. The van der Waals surface area contributed by atoms with Crippen LogP contribution < -0.4 is 5.32 Å². The van der Waals surface area contributed by atoms with E-state index < -0.39 is 0 Å². The first-order valence-corrected chi connectivity index (χ1v) is 8.95. The Kier molecular flexibility index (Phi) is 5.24. The molecular weight excluding hydrogens is 366 g/mol. The van der Waals surface area contributed by atoms with Gasteiger partial charge < -0.3 is 5.32 Å². The van der Waals surface area contributed by atoms with Crippen molar-refractivity contribution in [1.82, 2.24) is 30.4 Å². The first kappa shape index (κ1) is 18.3. The van der Waals surface area contributed by atoms with E-state index in [0.29, 0.717) is 5.82 Å². The highest BCUT2D eigenvalue weighted by Gasteiger charge is 2.10. The van der Waals surface area contributed by atoms with Crippen LogP contribution in [0.2, 0.25) is 0 Å². The Morgan fingerprint density at radius 1 is 0.931 bits per heavy atom. The van der Waals surface area contributed by atoms with Gasteiger partial charge in [0.25, 0.3) is 0 Å². The van der Waals surface area contributed by atoms with Crippen LogP contribution in [0.1, 0.15) is 11.1 Å². The predicted octanol–water partition coefficient (Wildman–Crippen LogP) is 2.88. The van der Waals surface area contributed by atoms with Crippen LogP contribution in [-0.2, 0) is 11.2 Å². The number of rotatable bonds is 5. The topological polar surface area (TPSA) is 106 Å². The van der Waals surface area contributed by atoms with Crippen molar-refractivity contribution in [3.8, 4) is 22.5 Å². The first-order chi connectivity index (χ1) is 14.2. The number of aromatic nitrogens is 6. The van der Waals surface area contributed by atoms with Gasteiger partial charge in [0, 0.05) is 29.7 Å². The van der Waals surface area contributed by atoms with Crippen LogP contribution in [0.3, 0.4) is 0 Å². The zero-order chi connectivity index (χ0) is 20.1. The molecule has 142 valence electrons. The summed E-state index contributed by atoms with van der Waals surface area (Å²) in [6.07, 6.45) is 8.47. The Balaban J connectivity index is 1.41. The highest BCUT2D eigenvalue weighted by molar-refractivity contribution is 5.91. The molecule has 29 heavy (non-hydrogen) atoms. The van der Waals surface area contributed by atoms with E-state index in [1.54, 1.807) is 37.1 Å². The average molecular weight is 383 g/mol. The summed E-state index contributed by atoms with van der Waals surface area (Å²) in [7, 11) is 0. The van der Waals surface area contributed by atoms with Gasteiger partial charge in [0.05, 0.1) is 30.2 Å². The van der Waals surface area contributed by atoms with Crippen molar-refractivity contribution in [1.29, 1.82) is 0 Å². The van der Waals surface area contributed by atoms with E-state index in [9.17, 15) is 4.79 Å². The normalized spacial score (nSPS) is 10.5. The lowest BCUT2D eigenvalue weighted by Gasteiger charge is -2.08. The molecule has 0 aliphatic rings. The van der Waals surface area contributed by atoms with Gasteiger partial charge in [-0.05, 0) is 48.4 Å².